The quantitative estimate of drug-likeness (QED) is 0.441. The molecule has 1 aromatic heterocycles. The third-order valence-electron chi connectivity index (χ3n) is 5.73. The molecule has 0 saturated heterocycles. The fourth-order valence-electron chi connectivity index (χ4n) is 3.91. The summed E-state index contributed by atoms with van der Waals surface area (Å²) in [5.41, 5.74) is 2.42. The van der Waals surface area contributed by atoms with Gasteiger partial charge in [0.25, 0.3) is 0 Å². The maximum absolute atomic E-state index is 13.4. The normalized spacial score (nSPS) is 11.4. The summed E-state index contributed by atoms with van der Waals surface area (Å²) in [4.78, 5) is 15.8. The van der Waals surface area contributed by atoms with Gasteiger partial charge in [-0.1, -0.05) is 38.8 Å². The predicted octanol–water partition coefficient (Wildman–Crippen LogP) is 5.88. The van der Waals surface area contributed by atoms with Gasteiger partial charge in [0.2, 0.25) is 5.43 Å². The highest BCUT2D eigenvalue weighted by molar-refractivity contribution is 5.86. The molecule has 0 radical (unpaired) electrons. The Bertz CT molecular complexity index is 1060. The van der Waals surface area contributed by atoms with Gasteiger partial charge in [0.1, 0.15) is 22.8 Å². The largest absolute Gasteiger partial charge is 0.507 e. The van der Waals surface area contributed by atoms with Crippen LogP contribution in [-0.2, 0) is 6.54 Å². The zero-order valence-corrected chi connectivity index (χ0v) is 19.0. The van der Waals surface area contributed by atoms with Gasteiger partial charge >= 0.3 is 0 Å². The van der Waals surface area contributed by atoms with Crippen LogP contribution >= 0.6 is 0 Å². The van der Waals surface area contributed by atoms with Gasteiger partial charge in [0.15, 0.2) is 0 Å². The lowest BCUT2D eigenvalue weighted by atomic mass is 10.0. The van der Waals surface area contributed by atoms with E-state index in [2.05, 4.69) is 18.7 Å². The van der Waals surface area contributed by atoms with E-state index < -0.39 is 0 Å². The molecule has 1 heterocycles. The molecule has 0 aliphatic carbocycles. The van der Waals surface area contributed by atoms with Crippen molar-refractivity contribution in [1.82, 2.24) is 4.90 Å². The number of aryl methyl sites for hydroxylation is 1. The van der Waals surface area contributed by atoms with Crippen molar-refractivity contribution in [2.24, 2.45) is 0 Å². The number of rotatable bonds is 10. The summed E-state index contributed by atoms with van der Waals surface area (Å²) < 4.78 is 11.4. The standard InChI is InChI=1S/C26H33NO4/c1-5-7-15-27(16-8-6-2)17-22-23(28)14-13-21-25(29)24(18(3)31-26(21)22)19-9-11-20(30-4)12-10-19/h9-14,28H,5-8,15-17H2,1-4H3. The Labute approximate surface area is 184 Å². The van der Waals surface area contributed by atoms with Crippen molar-refractivity contribution in [1.29, 1.82) is 0 Å². The van der Waals surface area contributed by atoms with Gasteiger partial charge in [-0.25, -0.2) is 0 Å². The van der Waals surface area contributed by atoms with Crippen LogP contribution in [-0.4, -0.2) is 30.2 Å². The summed E-state index contributed by atoms with van der Waals surface area (Å²) in [5, 5.41) is 11.1. The van der Waals surface area contributed by atoms with Crippen LogP contribution in [0.5, 0.6) is 11.5 Å². The molecular weight excluding hydrogens is 390 g/mol. The number of methoxy groups -OCH3 is 1. The van der Waals surface area contributed by atoms with Crippen molar-refractivity contribution >= 4 is 11.0 Å². The Balaban J connectivity index is 2.07. The number of ether oxygens (including phenoxy) is 1. The lowest BCUT2D eigenvalue weighted by Crippen LogP contribution is -2.26. The Morgan fingerprint density at radius 1 is 1.00 bits per heavy atom. The van der Waals surface area contributed by atoms with E-state index in [1.807, 2.05) is 24.3 Å². The van der Waals surface area contributed by atoms with Crippen molar-refractivity contribution in [2.45, 2.75) is 53.0 Å². The molecule has 0 aliphatic heterocycles. The number of benzene rings is 2. The molecule has 0 unspecified atom stereocenters. The third-order valence-corrected chi connectivity index (χ3v) is 5.73. The first kappa shape index (κ1) is 22.9. The fraction of sp³-hybridized carbons (Fsp3) is 0.423. The average Bonchev–Trinajstić information content (AvgIpc) is 2.77. The zero-order chi connectivity index (χ0) is 22.4. The van der Waals surface area contributed by atoms with Crippen LogP contribution in [0.1, 0.15) is 50.9 Å². The summed E-state index contributed by atoms with van der Waals surface area (Å²) in [5.74, 6) is 1.45. The van der Waals surface area contributed by atoms with Crippen molar-refractivity contribution in [2.75, 3.05) is 20.2 Å². The van der Waals surface area contributed by atoms with Gasteiger partial charge < -0.3 is 14.3 Å². The van der Waals surface area contributed by atoms with Crippen LogP contribution in [0.15, 0.2) is 45.6 Å². The van der Waals surface area contributed by atoms with Gasteiger partial charge in [0, 0.05) is 6.54 Å². The number of hydrogen-bond donors (Lipinski definition) is 1. The van der Waals surface area contributed by atoms with Gasteiger partial charge in [0.05, 0.1) is 23.6 Å². The van der Waals surface area contributed by atoms with E-state index in [4.69, 9.17) is 9.15 Å². The second-order valence-electron chi connectivity index (χ2n) is 8.01. The smallest absolute Gasteiger partial charge is 0.200 e. The van der Waals surface area contributed by atoms with Crippen molar-refractivity contribution in [3.8, 4) is 22.6 Å². The SMILES string of the molecule is CCCCN(CCCC)Cc1c(O)ccc2c(=O)c(-c3ccc(OC)cc3)c(C)oc12. The van der Waals surface area contributed by atoms with Crippen LogP contribution in [0.2, 0.25) is 0 Å². The highest BCUT2D eigenvalue weighted by Crippen LogP contribution is 2.31. The predicted molar refractivity (Wildman–Crippen MR) is 126 cm³/mol. The average molecular weight is 424 g/mol. The Morgan fingerprint density at radius 3 is 2.23 bits per heavy atom. The minimum atomic E-state index is -0.0844. The first-order valence-electron chi connectivity index (χ1n) is 11.1. The van der Waals surface area contributed by atoms with E-state index in [9.17, 15) is 9.90 Å². The number of nitrogens with zero attached hydrogens (tertiary/aromatic N) is 1. The van der Waals surface area contributed by atoms with Crippen LogP contribution in [0.3, 0.4) is 0 Å². The second-order valence-corrected chi connectivity index (χ2v) is 8.01. The molecule has 3 rings (SSSR count). The second kappa shape index (κ2) is 10.5. The van der Waals surface area contributed by atoms with Gasteiger partial charge in [-0.15, -0.1) is 0 Å². The van der Waals surface area contributed by atoms with Crippen LogP contribution in [0.4, 0.5) is 0 Å². The number of aromatic hydroxyl groups is 1. The van der Waals surface area contributed by atoms with E-state index in [0.717, 1.165) is 50.1 Å². The number of phenolic OH excluding ortho intramolecular Hbond substituents is 1. The highest BCUT2D eigenvalue weighted by atomic mass is 16.5. The molecule has 0 saturated carbocycles. The maximum atomic E-state index is 13.4. The topological polar surface area (TPSA) is 62.9 Å². The van der Waals surface area contributed by atoms with Gasteiger partial charge in [-0.2, -0.15) is 0 Å². The molecule has 5 heteroatoms. The molecule has 31 heavy (non-hydrogen) atoms. The Hall–Kier alpha value is -2.79. The Morgan fingerprint density at radius 2 is 1.65 bits per heavy atom. The van der Waals surface area contributed by atoms with E-state index >= 15 is 0 Å². The van der Waals surface area contributed by atoms with Crippen molar-refractivity contribution < 1.29 is 14.3 Å². The minimum Gasteiger partial charge on any atom is -0.507 e. The van der Waals surface area contributed by atoms with Crippen molar-refractivity contribution in [3.63, 3.8) is 0 Å². The molecular formula is C26H33NO4. The molecule has 0 bridgehead atoms. The summed E-state index contributed by atoms with van der Waals surface area (Å²) in [7, 11) is 1.61. The zero-order valence-electron chi connectivity index (χ0n) is 19.0. The minimum absolute atomic E-state index is 0.0844. The number of fused-ring (bicyclic) bond motifs is 1. The summed E-state index contributed by atoms with van der Waals surface area (Å²) in [6.07, 6.45) is 4.42. The number of hydrogen-bond acceptors (Lipinski definition) is 5. The van der Waals surface area contributed by atoms with E-state index in [1.165, 1.54) is 0 Å². The molecule has 0 spiro atoms. The third kappa shape index (κ3) is 5.10. The van der Waals surface area contributed by atoms with Crippen LogP contribution in [0.25, 0.3) is 22.1 Å². The van der Waals surface area contributed by atoms with Crippen LogP contribution in [0, 0.1) is 6.92 Å². The summed E-state index contributed by atoms with van der Waals surface area (Å²) in [6, 6.07) is 10.7. The first-order valence-corrected chi connectivity index (χ1v) is 11.1. The Kier molecular flexibility index (Phi) is 7.75. The molecule has 0 atom stereocenters. The molecule has 0 amide bonds. The maximum Gasteiger partial charge on any atom is 0.200 e. The lowest BCUT2D eigenvalue weighted by molar-refractivity contribution is 0.253. The van der Waals surface area contributed by atoms with Crippen LogP contribution < -0.4 is 10.2 Å². The summed E-state index contributed by atoms with van der Waals surface area (Å²) >= 11 is 0. The van der Waals surface area contributed by atoms with E-state index in [0.29, 0.717) is 34.4 Å². The molecule has 0 fully saturated rings. The molecule has 166 valence electrons. The molecule has 1 N–H and O–H groups in total. The highest BCUT2D eigenvalue weighted by Gasteiger charge is 2.19. The van der Waals surface area contributed by atoms with E-state index in [-0.39, 0.29) is 11.2 Å². The van der Waals surface area contributed by atoms with Gasteiger partial charge in [-0.05, 0) is 62.7 Å². The molecule has 5 nitrogen and oxygen atoms in total. The molecule has 3 aromatic rings. The lowest BCUT2D eigenvalue weighted by Gasteiger charge is -2.23. The van der Waals surface area contributed by atoms with Gasteiger partial charge in [-0.3, -0.25) is 9.69 Å². The number of phenols is 1. The molecule has 2 aromatic carbocycles. The molecule has 0 aliphatic rings. The summed E-state index contributed by atoms with van der Waals surface area (Å²) in [6.45, 7) is 8.64. The fourth-order valence-corrected chi connectivity index (χ4v) is 3.91. The number of unbranched alkanes of at least 4 members (excludes halogenated alkanes) is 2. The van der Waals surface area contributed by atoms with Crippen molar-refractivity contribution in [3.05, 3.63) is 57.9 Å². The monoisotopic (exact) mass is 423 g/mol. The first-order chi connectivity index (χ1) is 15.0. The van der Waals surface area contributed by atoms with E-state index in [1.54, 1.807) is 26.2 Å².